The van der Waals surface area contributed by atoms with Gasteiger partial charge in [-0.2, -0.15) is 0 Å². The predicted octanol–water partition coefficient (Wildman–Crippen LogP) is 3.89. The zero-order valence-electron chi connectivity index (χ0n) is 12.6. The molecule has 0 saturated carbocycles. The van der Waals surface area contributed by atoms with Crippen molar-refractivity contribution in [3.05, 3.63) is 65.2 Å². The molecule has 0 radical (unpaired) electrons. The Balaban J connectivity index is 1.95. The summed E-state index contributed by atoms with van der Waals surface area (Å²) in [7, 11) is 4.16. The molecule has 0 aromatic heterocycles. The van der Waals surface area contributed by atoms with E-state index in [1.807, 2.05) is 12.1 Å². The first-order valence-electron chi connectivity index (χ1n) is 7.11. The Morgan fingerprint density at radius 3 is 2.25 bits per heavy atom. The molecule has 2 aromatic carbocycles. The third-order valence-electron chi connectivity index (χ3n) is 3.23. The van der Waals surface area contributed by atoms with Crippen molar-refractivity contribution in [1.29, 1.82) is 0 Å². The maximum absolute atomic E-state index is 5.84. The Labute approximate surface area is 122 Å². The van der Waals surface area contributed by atoms with Crippen molar-refractivity contribution in [1.82, 2.24) is 4.90 Å². The smallest absolute Gasteiger partial charge is 0.119 e. The summed E-state index contributed by atoms with van der Waals surface area (Å²) in [6.07, 6.45) is 1.06. The normalized spacial score (nSPS) is 10.8. The van der Waals surface area contributed by atoms with Crippen molar-refractivity contribution in [2.75, 3.05) is 14.1 Å². The molecule has 20 heavy (non-hydrogen) atoms. The number of aryl methyl sites for hydroxylation is 1. The standard InChI is InChI=1S/C18H23NO/c1-4-15-8-10-18(11-9-15)20-14-17-7-5-6-16(12-17)13-19(2)3/h5-12H,4,13-14H2,1-3H3. The molecule has 0 bridgehead atoms. The van der Waals surface area contributed by atoms with Gasteiger partial charge in [0.25, 0.3) is 0 Å². The Morgan fingerprint density at radius 1 is 0.900 bits per heavy atom. The van der Waals surface area contributed by atoms with Gasteiger partial charge >= 0.3 is 0 Å². The minimum atomic E-state index is 0.618. The van der Waals surface area contributed by atoms with E-state index in [-0.39, 0.29) is 0 Å². The van der Waals surface area contributed by atoms with Gasteiger partial charge in [-0.15, -0.1) is 0 Å². The molecule has 0 aliphatic heterocycles. The van der Waals surface area contributed by atoms with Crippen molar-refractivity contribution < 1.29 is 4.74 Å². The van der Waals surface area contributed by atoms with E-state index in [4.69, 9.17) is 4.74 Å². The summed E-state index contributed by atoms with van der Waals surface area (Å²) in [6, 6.07) is 16.9. The number of nitrogens with zero attached hydrogens (tertiary/aromatic N) is 1. The molecule has 0 N–H and O–H groups in total. The molecule has 0 aliphatic carbocycles. The minimum absolute atomic E-state index is 0.618. The van der Waals surface area contributed by atoms with Crippen LogP contribution in [0, 0.1) is 0 Å². The second kappa shape index (κ2) is 7.11. The lowest BCUT2D eigenvalue weighted by Crippen LogP contribution is -2.10. The monoisotopic (exact) mass is 269 g/mol. The van der Waals surface area contributed by atoms with Crippen LogP contribution in [0.3, 0.4) is 0 Å². The highest BCUT2D eigenvalue weighted by Crippen LogP contribution is 2.15. The van der Waals surface area contributed by atoms with E-state index in [2.05, 4.69) is 62.3 Å². The Kier molecular flexibility index (Phi) is 5.19. The average molecular weight is 269 g/mol. The summed E-state index contributed by atoms with van der Waals surface area (Å²) in [4.78, 5) is 2.17. The molecule has 106 valence electrons. The fourth-order valence-electron chi connectivity index (χ4n) is 2.17. The first kappa shape index (κ1) is 14.6. The first-order chi connectivity index (χ1) is 9.67. The van der Waals surface area contributed by atoms with Crippen LogP contribution in [0.4, 0.5) is 0 Å². The highest BCUT2D eigenvalue weighted by atomic mass is 16.5. The molecule has 0 aliphatic rings. The summed E-state index contributed by atoms with van der Waals surface area (Å²) >= 11 is 0. The zero-order valence-corrected chi connectivity index (χ0v) is 12.6. The predicted molar refractivity (Wildman–Crippen MR) is 84.0 cm³/mol. The molecule has 2 heteroatoms. The quantitative estimate of drug-likeness (QED) is 0.789. The van der Waals surface area contributed by atoms with Gasteiger partial charge < -0.3 is 9.64 Å². The van der Waals surface area contributed by atoms with Crippen LogP contribution >= 0.6 is 0 Å². The second-order valence-corrected chi connectivity index (χ2v) is 5.34. The largest absolute Gasteiger partial charge is 0.489 e. The van der Waals surface area contributed by atoms with Crippen LogP contribution in [-0.2, 0) is 19.6 Å². The molecule has 0 spiro atoms. The number of benzene rings is 2. The molecular formula is C18H23NO. The molecule has 0 saturated heterocycles. The third kappa shape index (κ3) is 4.39. The molecule has 2 nitrogen and oxygen atoms in total. The molecule has 0 fully saturated rings. The van der Waals surface area contributed by atoms with Crippen LogP contribution in [-0.4, -0.2) is 19.0 Å². The van der Waals surface area contributed by atoms with Crippen molar-refractivity contribution in [3.8, 4) is 5.75 Å². The first-order valence-corrected chi connectivity index (χ1v) is 7.11. The average Bonchev–Trinajstić information content (AvgIpc) is 2.45. The van der Waals surface area contributed by atoms with Crippen molar-refractivity contribution in [2.24, 2.45) is 0 Å². The van der Waals surface area contributed by atoms with Crippen LogP contribution in [0.15, 0.2) is 48.5 Å². The summed E-state index contributed by atoms with van der Waals surface area (Å²) in [5, 5.41) is 0. The molecule has 0 unspecified atom stereocenters. The van der Waals surface area contributed by atoms with E-state index in [0.717, 1.165) is 18.7 Å². The summed E-state index contributed by atoms with van der Waals surface area (Å²) in [6.45, 7) is 3.73. The number of rotatable bonds is 6. The van der Waals surface area contributed by atoms with E-state index in [9.17, 15) is 0 Å². The Hall–Kier alpha value is -1.80. The van der Waals surface area contributed by atoms with Crippen LogP contribution in [0.25, 0.3) is 0 Å². The Morgan fingerprint density at radius 2 is 1.60 bits per heavy atom. The third-order valence-corrected chi connectivity index (χ3v) is 3.23. The van der Waals surface area contributed by atoms with Gasteiger partial charge in [0.15, 0.2) is 0 Å². The van der Waals surface area contributed by atoms with Crippen molar-refractivity contribution in [3.63, 3.8) is 0 Å². The minimum Gasteiger partial charge on any atom is -0.489 e. The van der Waals surface area contributed by atoms with Crippen molar-refractivity contribution in [2.45, 2.75) is 26.5 Å². The van der Waals surface area contributed by atoms with Crippen LogP contribution in [0.1, 0.15) is 23.6 Å². The summed E-state index contributed by atoms with van der Waals surface area (Å²) in [5.41, 5.74) is 3.87. The number of hydrogen-bond donors (Lipinski definition) is 0. The lowest BCUT2D eigenvalue weighted by Gasteiger charge is -2.11. The number of hydrogen-bond acceptors (Lipinski definition) is 2. The van der Waals surface area contributed by atoms with Gasteiger partial charge in [0.1, 0.15) is 12.4 Å². The molecule has 0 heterocycles. The van der Waals surface area contributed by atoms with Gasteiger partial charge in [0.2, 0.25) is 0 Å². The maximum atomic E-state index is 5.84. The van der Waals surface area contributed by atoms with E-state index in [1.165, 1.54) is 16.7 Å². The Bertz CT molecular complexity index is 531. The fourth-order valence-corrected chi connectivity index (χ4v) is 2.17. The van der Waals surface area contributed by atoms with Gasteiger partial charge in [-0.05, 0) is 49.3 Å². The van der Waals surface area contributed by atoms with Gasteiger partial charge in [-0.1, -0.05) is 43.3 Å². The molecular weight excluding hydrogens is 246 g/mol. The summed E-state index contributed by atoms with van der Waals surface area (Å²) in [5.74, 6) is 0.931. The van der Waals surface area contributed by atoms with Gasteiger partial charge in [0, 0.05) is 6.54 Å². The van der Waals surface area contributed by atoms with Crippen LogP contribution < -0.4 is 4.74 Å². The van der Waals surface area contributed by atoms with E-state index in [0.29, 0.717) is 6.61 Å². The van der Waals surface area contributed by atoms with E-state index >= 15 is 0 Å². The molecule has 0 amide bonds. The SMILES string of the molecule is CCc1ccc(OCc2cccc(CN(C)C)c2)cc1. The van der Waals surface area contributed by atoms with Crippen molar-refractivity contribution >= 4 is 0 Å². The lowest BCUT2D eigenvalue weighted by molar-refractivity contribution is 0.305. The number of ether oxygens (including phenoxy) is 1. The van der Waals surface area contributed by atoms with Gasteiger partial charge in [-0.3, -0.25) is 0 Å². The summed E-state index contributed by atoms with van der Waals surface area (Å²) < 4.78 is 5.84. The highest BCUT2D eigenvalue weighted by molar-refractivity contribution is 5.28. The fraction of sp³-hybridized carbons (Fsp3) is 0.333. The van der Waals surface area contributed by atoms with E-state index < -0.39 is 0 Å². The highest BCUT2D eigenvalue weighted by Gasteiger charge is 2.00. The molecule has 2 aromatic rings. The lowest BCUT2D eigenvalue weighted by atomic mass is 10.1. The second-order valence-electron chi connectivity index (χ2n) is 5.34. The van der Waals surface area contributed by atoms with Crippen LogP contribution in [0.2, 0.25) is 0 Å². The maximum Gasteiger partial charge on any atom is 0.119 e. The van der Waals surface area contributed by atoms with Gasteiger partial charge in [-0.25, -0.2) is 0 Å². The van der Waals surface area contributed by atoms with Crippen LogP contribution in [0.5, 0.6) is 5.75 Å². The molecule has 2 rings (SSSR count). The van der Waals surface area contributed by atoms with Gasteiger partial charge in [0.05, 0.1) is 0 Å². The zero-order chi connectivity index (χ0) is 14.4. The topological polar surface area (TPSA) is 12.5 Å². The molecule has 0 atom stereocenters. The van der Waals surface area contributed by atoms with E-state index in [1.54, 1.807) is 0 Å².